The smallest absolute Gasteiger partial charge is 0.0440 e. The highest BCUT2D eigenvalue weighted by atomic mass is 35.5. The van der Waals surface area contributed by atoms with Gasteiger partial charge in [-0.15, -0.1) is 0 Å². The van der Waals surface area contributed by atoms with Crippen molar-refractivity contribution in [3.05, 3.63) is 34.9 Å². The van der Waals surface area contributed by atoms with Crippen LogP contribution in [-0.4, -0.2) is 0 Å². The summed E-state index contributed by atoms with van der Waals surface area (Å²) in [6.45, 7) is 0. The lowest BCUT2D eigenvalue weighted by atomic mass is 10.1. The molecule has 1 aliphatic carbocycles. The van der Waals surface area contributed by atoms with Crippen LogP contribution in [0.1, 0.15) is 31.7 Å². The van der Waals surface area contributed by atoms with Crippen LogP contribution in [0.5, 0.6) is 0 Å². The molecule has 0 nitrogen and oxygen atoms in total. The first-order chi connectivity index (χ1) is 4.88. The molecule has 0 radical (unpaired) electrons. The van der Waals surface area contributed by atoms with Crippen molar-refractivity contribution < 1.29 is 0 Å². The highest BCUT2D eigenvalue weighted by molar-refractivity contribution is 6.31. The summed E-state index contributed by atoms with van der Waals surface area (Å²) in [5, 5.41) is 0.935. The van der Waals surface area contributed by atoms with Gasteiger partial charge in [0.25, 0.3) is 0 Å². The summed E-state index contributed by atoms with van der Waals surface area (Å²) in [5.74, 6) is 0.772. The Bertz CT molecular complexity index is 238. The van der Waals surface area contributed by atoms with E-state index in [4.69, 9.17) is 11.6 Å². The second-order valence-electron chi connectivity index (χ2n) is 2.80. The molecule has 1 saturated carbocycles. The Morgan fingerprint density at radius 1 is 1.18 bits per heavy atom. The predicted molar refractivity (Wildman–Crippen MR) is 50.2 cm³/mol. The lowest BCUT2D eigenvalue weighted by Gasteiger charge is -1.98. The Morgan fingerprint density at radius 3 is 2.36 bits per heavy atom. The summed E-state index contributed by atoms with van der Waals surface area (Å²) in [4.78, 5) is 0. The third-order valence-electron chi connectivity index (χ3n) is 1.92. The van der Waals surface area contributed by atoms with Gasteiger partial charge in [-0.05, 0) is 30.4 Å². The molecule has 60 valence electrons. The van der Waals surface area contributed by atoms with E-state index in [1.807, 2.05) is 12.1 Å². The largest absolute Gasteiger partial charge is 0.0840 e. The highest BCUT2D eigenvalue weighted by Crippen LogP contribution is 2.42. The molecule has 0 spiro atoms. The van der Waals surface area contributed by atoms with Crippen molar-refractivity contribution in [1.29, 1.82) is 0 Å². The number of benzene rings is 1. The van der Waals surface area contributed by atoms with Crippen molar-refractivity contribution in [2.45, 2.75) is 26.2 Å². The molecule has 1 aromatic rings. The monoisotopic (exact) mass is 168 g/mol. The van der Waals surface area contributed by atoms with E-state index in [2.05, 4.69) is 12.1 Å². The quantitative estimate of drug-likeness (QED) is 0.598. The van der Waals surface area contributed by atoms with E-state index in [9.17, 15) is 0 Å². The van der Waals surface area contributed by atoms with E-state index in [-0.39, 0.29) is 7.43 Å². The van der Waals surface area contributed by atoms with Gasteiger partial charge >= 0.3 is 0 Å². The minimum absolute atomic E-state index is 0. The van der Waals surface area contributed by atoms with Crippen LogP contribution < -0.4 is 0 Å². The second kappa shape index (κ2) is 3.27. The second-order valence-corrected chi connectivity index (χ2v) is 3.20. The lowest BCUT2D eigenvalue weighted by Crippen LogP contribution is -1.78. The molecule has 11 heavy (non-hydrogen) atoms. The van der Waals surface area contributed by atoms with Gasteiger partial charge in [-0.25, -0.2) is 0 Å². The van der Waals surface area contributed by atoms with Gasteiger partial charge in [0.2, 0.25) is 0 Å². The maximum atomic E-state index is 5.96. The Hall–Kier alpha value is -0.490. The lowest BCUT2D eigenvalue weighted by molar-refractivity contribution is 1.13. The maximum absolute atomic E-state index is 5.96. The van der Waals surface area contributed by atoms with Crippen LogP contribution in [0.25, 0.3) is 0 Å². The minimum Gasteiger partial charge on any atom is -0.0840 e. The number of halogens is 1. The fraction of sp³-hybridized carbons (Fsp3) is 0.400. The molecule has 0 aliphatic heterocycles. The van der Waals surface area contributed by atoms with Crippen LogP contribution in [0.3, 0.4) is 0 Å². The predicted octanol–water partition coefficient (Wildman–Crippen LogP) is 3.85. The van der Waals surface area contributed by atoms with Gasteiger partial charge in [-0.2, -0.15) is 0 Å². The molecule has 1 aromatic carbocycles. The van der Waals surface area contributed by atoms with Gasteiger partial charge < -0.3 is 0 Å². The van der Waals surface area contributed by atoms with E-state index in [0.29, 0.717) is 0 Å². The van der Waals surface area contributed by atoms with E-state index in [1.54, 1.807) is 0 Å². The molecule has 0 amide bonds. The minimum atomic E-state index is 0. The first-order valence-electron chi connectivity index (χ1n) is 3.62. The molecule has 2 rings (SSSR count). The SMILES string of the molecule is C.Clc1ccccc1C1CC1. The Labute approximate surface area is 73.2 Å². The van der Waals surface area contributed by atoms with Crippen molar-refractivity contribution in [2.75, 3.05) is 0 Å². The van der Waals surface area contributed by atoms with Gasteiger partial charge in [0, 0.05) is 5.02 Å². The van der Waals surface area contributed by atoms with E-state index >= 15 is 0 Å². The molecule has 0 saturated heterocycles. The normalized spacial score (nSPS) is 15.7. The van der Waals surface area contributed by atoms with Crippen molar-refractivity contribution in [2.24, 2.45) is 0 Å². The van der Waals surface area contributed by atoms with Gasteiger partial charge in [0.15, 0.2) is 0 Å². The van der Waals surface area contributed by atoms with Crippen molar-refractivity contribution in [3.63, 3.8) is 0 Å². The summed E-state index contributed by atoms with van der Waals surface area (Å²) in [6.07, 6.45) is 2.65. The average Bonchev–Trinajstić information content (AvgIpc) is 2.71. The number of hydrogen-bond acceptors (Lipinski definition) is 0. The van der Waals surface area contributed by atoms with E-state index in [1.165, 1.54) is 18.4 Å². The zero-order chi connectivity index (χ0) is 6.97. The third kappa shape index (κ3) is 1.75. The van der Waals surface area contributed by atoms with Crippen LogP contribution in [0.15, 0.2) is 24.3 Å². The zero-order valence-electron chi connectivity index (χ0n) is 5.68. The Kier molecular flexibility index (Phi) is 2.56. The maximum Gasteiger partial charge on any atom is 0.0440 e. The van der Waals surface area contributed by atoms with Crippen molar-refractivity contribution in [1.82, 2.24) is 0 Å². The molecule has 1 aliphatic rings. The van der Waals surface area contributed by atoms with Gasteiger partial charge in [-0.1, -0.05) is 37.2 Å². The van der Waals surface area contributed by atoms with E-state index in [0.717, 1.165) is 10.9 Å². The zero-order valence-corrected chi connectivity index (χ0v) is 6.43. The fourth-order valence-electron chi connectivity index (χ4n) is 1.20. The average molecular weight is 169 g/mol. The summed E-state index contributed by atoms with van der Waals surface area (Å²) in [5.41, 5.74) is 1.34. The molecule has 1 fully saturated rings. The van der Waals surface area contributed by atoms with Gasteiger partial charge in [0.1, 0.15) is 0 Å². The van der Waals surface area contributed by atoms with Crippen LogP contribution >= 0.6 is 11.6 Å². The topological polar surface area (TPSA) is 0 Å². The van der Waals surface area contributed by atoms with Crippen LogP contribution in [0, 0.1) is 0 Å². The first kappa shape index (κ1) is 8.61. The fourth-order valence-corrected chi connectivity index (χ4v) is 1.49. The van der Waals surface area contributed by atoms with Crippen LogP contribution in [0.4, 0.5) is 0 Å². The van der Waals surface area contributed by atoms with Gasteiger partial charge in [-0.3, -0.25) is 0 Å². The molecule has 0 aromatic heterocycles. The first-order valence-corrected chi connectivity index (χ1v) is 4.00. The third-order valence-corrected chi connectivity index (χ3v) is 2.27. The molecule has 0 unspecified atom stereocenters. The molecule has 0 heterocycles. The Balaban J connectivity index is 0.000000605. The Morgan fingerprint density at radius 2 is 1.82 bits per heavy atom. The van der Waals surface area contributed by atoms with Crippen molar-refractivity contribution >= 4 is 11.6 Å². The molecular formula is C10H13Cl. The molecule has 0 atom stereocenters. The van der Waals surface area contributed by atoms with E-state index < -0.39 is 0 Å². The standard InChI is InChI=1S/C9H9Cl.CH4/c10-9-4-2-1-3-8(9)7-5-6-7;/h1-4,7H,5-6H2;1H4. The summed E-state index contributed by atoms with van der Waals surface area (Å²) in [7, 11) is 0. The van der Waals surface area contributed by atoms with Gasteiger partial charge in [0.05, 0.1) is 0 Å². The highest BCUT2D eigenvalue weighted by Gasteiger charge is 2.24. The molecular weight excluding hydrogens is 156 g/mol. The van der Waals surface area contributed by atoms with Crippen LogP contribution in [-0.2, 0) is 0 Å². The summed E-state index contributed by atoms with van der Waals surface area (Å²) >= 11 is 5.96. The summed E-state index contributed by atoms with van der Waals surface area (Å²) < 4.78 is 0. The van der Waals surface area contributed by atoms with Crippen LogP contribution in [0.2, 0.25) is 5.02 Å². The molecule has 1 heteroatoms. The number of hydrogen-bond donors (Lipinski definition) is 0. The summed E-state index contributed by atoms with van der Waals surface area (Å²) in [6, 6.07) is 8.13. The molecule has 0 bridgehead atoms. The van der Waals surface area contributed by atoms with Crippen molar-refractivity contribution in [3.8, 4) is 0 Å². The molecule has 0 N–H and O–H groups in total. The number of rotatable bonds is 1.